The molecule has 4 atom stereocenters. The zero-order valence-corrected chi connectivity index (χ0v) is 31.2. The maximum atomic E-state index is 14.9. The number of nitrogens with zero attached hydrogens (tertiary/aromatic N) is 4. The number of anilines is 1. The molecule has 1 saturated carbocycles. The number of pyridine rings is 1. The number of likely N-dealkylation sites (N-methyl/N-ethyl adjacent to an activating group) is 1. The molecule has 3 amide bonds. The number of aliphatic hydroxyl groups excluding tert-OH is 2. The lowest BCUT2D eigenvalue weighted by atomic mass is 9.81. The number of amides is 3. The van der Waals surface area contributed by atoms with Crippen LogP contribution in [0.1, 0.15) is 81.5 Å². The molecule has 0 radical (unpaired) electrons. The van der Waals surface area contributed by atoms with Crippen molar-refractivity contribution in [2.75, 3.05) is 25.9 Å². The number of nitrogens with one attached hydrogen (secondary N) is 1. The van der Waals surface area contributed by atoms with E-state index in [1.165, 1.54) is 27.6 Å². The van der Waals surface area contributed by atoms with E-state index in [9.17, 15) is 24.6 Å². The number of aromatic nitrogens is 2. The predicted octanol–water partition coefficient (Wildman–Crippen LogP) is 4.68. The number of carbonyl (C=O) groups excluding carboxylic acids is 3. The van der Waals surface area contributed by atoms with Gasteiger partial charge in [0, 0.05) is 55.0 Å². The number of nitrogens with two attached hydrogens (primary N) is 1. The van der Waals surface area contributed by atoms with E-state index in [0.29, 0.717) is 43.2 Å². The van der Waals surface area contributed by atoms with Gasteiger partial charge in [-0.05, 0) is 48.3 Å². The minimum Gasteiger partial charge on any atom is -0.390 e. The Morgan fingerprint density at radius 2 is 1.84 bits per heavy atom. The molecule has 3 heterocycles. The van der Waals surface area contributed by atoms with Crippen molar-refractivity contribution < 1.29 is 24.6 Å². The van der Waals surface area contributed by atoms with Crippen LogP contribution in [0.25, 0.3) is 0 Å². The molecule has 0 bridgehead atoms. The number of nitrogen functional groups attached to an aromatic ring is 1. The zero-order valence-electron chi connectivity index (χ0n) is 29.6. The van der Waals surface area contributed by atoms with Crippen molar-refractivity contribution in [3.8, 4) is 0 Å². The summed E-state index contributed by atoms with van der Waals surface area (Å²) in [5.74, 6) is -1.57. The Bertz CT molecular complexity index is 1460. The summed E-state index contributed by atoms with van der Waals surface area (Å²) in [6.45, 7) is 4.37. The SMILES string of the molecule is CC(C)C[C@H](O)[C@H](O)[C@H](CC1CCCCC1)N(CC(=O)N(C)CCc1ccccn1)C(=O)[C@@H](CC(=O)NCc1cccs1)Cc1csc(N)n1. The number of aliphatic hydroxyl groups is 2. The Kier molecular flexibility index (Phi) is 15.6. The molecule has 1 fully saturated rings. The minimum atomic E-state index is -1.28. The van der Waals surface area contributed by atoms with Crippen molar-refractivity contribution in [3.05, 3.63) is 63.6 Å². The highest BCUT2D eigenvalue weighted by molar-refractivity contribution is 7.13. The van der Waals surface area contributed by atoms with Crippen LogP contribution < -0.4 is 11.1 Å². The molecule has 0 aliphatic heterocycles. The van der Waals surface area contributed by atoms with Crippen molar-refractivity contribution in [3.63, 3.8) is 0 Å². The van der Waals surface area contributed by atoms with E-state index in [-0.39, 0.29) is 43.0 Å². The van der Waals surface area contributed by atoms with Crippen LogP contribution in [0.2, 0.25) is 0 Å². The molecule has 1 aliphatic carbocycles. The third-order valence-electron chi connectivity index (χ3n) is 9.49. The largest absolute Gasteiger partial charge is 0.390 e. The molecule has 11 nitrogen and oxygen atoms in total. The maximum absolute atomic E-state index is 14.9. The van der Waals surface area contributed by atoms with Crippen LogP contribution in [-0.4, -0.2) is 86.1 Å². The molecule has 274 valence electrons. The fraction of sp³-hybridized carbons (Fsp3) is 0.595. The van der Waals surface area contributed by atoms with Crippen molar-refractivity contribution >= 4 is 45.5 Å². The van der Waals surface area contributed by atoms with Gasteiger partial charge >= 0.3 is 0 Å². The van der Waals surface area contributed by atoms with Crippen molar-refractivity contribution in [1.82, 2.24) is 25.1 Å². The Morgan fingerprint density at radius 1 is 1.06 bits per heavy atom. The lowest BCUT2D eigenvalue weighted by molar-refractivity contribution is -0.151. The van der Waals surface area contributed by atoms with Crippen LogP contribution in [0.15, 0.2) is 47.3 Å². The van der Waals surface area contributed by atoms with Crippen LogP contribution >= 0.6 is 22.7 Å². The Hall–Kier alpha value is -3.39. The second-order valence-corrected chi connectivity index (χ2v) is 15.9. The highest BCUT2D eigenvalue weighted by Gasteiger charge is 2.40. The smallest absolute Gasteiger partial charge is 0.241 e. The van der Waals surface area contributed by atoms with Gasteiger partial charge in [-0.1, -0.05) is 58.1 Å². The van der Waals surface area contributed by atoms with Crippen molar-refractivity contribution in [1.29, 1.82) is 0 Å². The molecule has 3 aromatic heterocycles. The van der Waals surface area contributed by atoms with Gasteiger partial charge in [0.25, 0.3) is 0 Å². The zero-order chi connectivity index (χ0) is 36.0. The molecule has 0 unspecified atom stereocenters. The Balaban J connectivity index is 1.65. The number of carbonyl (C=O) groups is 3. The fourth-order valence-corrected chi connectivity index (χ4v) is 7.94. The van der Waals surface area contributed by atoms with Crippen molar-refractivity contribution in [2.45, 2.75) is 103 Å². The van der Waals surface area contributed by atoms with E-state index in [0.717, 1.165) is 42.7 Å². The van der Waals surface area contributed by atoms with Crippen LogP contribution in [0.5, 0.6) is 0 Å². The molecule has 50 heavy (non-hydrogen) atoms. The van der Waals surface area contributed by atoms with Gasteiger partial charge in [0.05, 0.1) is 30.3 Å². The molecular formula is C37H54N6O5S2. The van der Waals surface area contributed by atoms with Gasteiger partial charge in [-0.2, -0.15) is 0 Å². The van der Waals surface area contributed by atoms with E-state index in [2.05, 4.69) is 15.3 Å². The first-order valence-electron chi connectivity index (χ1n) is 17.8. The van der Waals surface area contributed by atoms with Gasteiger partial charge in [-0.3, -0.25) is 19.4 Å². The van der Waals surface area contributed by atoms with E-state index >= 15 is 0 Å². The summed E-state index contributed by atoms with van der Waals surface area (Å²) in [5.41, 5.74) is 7.38. The topological polar surface area (TPSA) is 162 Å². The molecule has 5 N–H and O–H groups in total. The summed E-state index contributed by atoms with van der Waals surface area (Å²) in [6.07, 6.45) is 5.84. The van der Waals surface area contributed by atoms with Gasteiger partial charge in [-0.25, -0.2) is 4.98 Å². The van der Waals surface area contributed by atoms with Crippen LogP contribution in [0.3, 0.4) is 0 Å². The third kappa shape index (κ3) is 12.4. The summed E-state index contributed by atoms with van der Waals surface area (Å²) in [5, 5.41) is 30.1. The first-order chi connectivity index (χ1) is 24.0. The molecule has 3 aromatic rings. The normalized spacial score (nSPS) is 16.0. The quantitative estimate of drug-likeness (QED) is 0.139. The number of hydrogen-bond donors (Lipinski definition) is 4. The first-order valence-corrected chi connectivity index (χ1v) is 19.6. The Morgan fingerprint density at radius 3 is 2.48 bits per heavy atom. The lowest BCUT2D eigenvalue weighted by Gasteiger charge is -2.41. The highest BCUT2D eigenvalue weighted by Crippen LogP contribution is 2.32. The maximum Gasteiger partial charge on any atom is 0.241 e. The third-order valence-corrected chi connectivity index (χ3v) is 11.1. The second-order valence-electron chi connectivity index (χ2n) is 14.0. The van der Waals surface area contributed by atoms with E-state index in [1.807, 2.05) is 49.6 Å². The van der Waals surface area contributed by atoms with Gasteiger partial charge in [0.1, 0.15) is 12.6 Å². The molecule has 1 aliphatic rings. The van der Waals surface area contributed by atoms with Gasteiger partial charge in [-0.15, -0.1) is 22.7 Å². The summed E-state index contributed by atoms with van der Waals surface area (Å²) < 4.78 is 0. The Labute approximate surface area is 304 Å². The molecule has 0 saturated heterocycles. The van der Waals surface area contributed by atoms with Gasteiger partial charge < -0.3 is 31.1 Å². The number of thiophene rings is 1. The fourth-order valence-electron chi connectivity index (χ4n) is 6.72. The van der Waals surface area contributed by atoms with E-state index < -0.39 is 30.1 Å². The minimum absolute atomic E-state index is 0.105. The lowest BCUT2D eigenvalue weighted by Crippen LogP contribution is -2.56. The van der Waals surface area contributed by atoms with Crippen LogP contribution in [0.4, 0.5) is 5.13 Å². The predicted molar refractivity (Wildman–Crippen MR) is 198 cm³/mol. The second kappa shape index (κ2) is 19.9. The number of rotatable bonds is 19. The molecule has 0 spiro atoms. The molecular weight excluding hydrogens is 673 g/mol. The first kappa shape index (κ1) is 39.4. The number of thiazole rings is 1. The molecule has 13 heteroatoms. The van der Waals surface area contributed by atoms with E-state index in [4.69, 9.17) is 5.73 Å². The summed E-state index contributed by atoms with van der Waals surface area (Å²) in [4.78, 5) is 55.0. The van der Waals surface area contributed by atoms with Crippen LogP contribution in [0, 0.1) is 17.8 Å². The highest BCUT2D eigenvalue weighted by atomic mass is 32.1. The van der Waals surface area contributed by atoms with Gasteiger partial charge in [0.2, 0.25) is 17.7 Å². The molecule has 4 rings (SSSR count). The monoisotopic (exact) mass is 726 g/mol. The summed E-state index contributed by atoms with van der Waals surface area (Å²) in [6, 6.07) is 8.66. The van der Waals surface area contributed by atoms with Crippen LogP contribution in [-0.2, 0) is 33.8 Å². The summed E-state index contributed by atoms with van der Waals surface area (Å²) >= 11 is 2.79. The summed E-state index contributed by atoms with van der Waals surface area (Å²) in [7, 11) is 1.70. The van der Waals surface area contributed by atoms with Crippen molar-refractivity contribution in [2.24, 2.45) is 17.8 Å². The average Bonchev–Trinajstić information content (AvgIpc) is 3.79. The molecule has 0 aromatic carbocycles. The average molecular weight is 727 g/mol. The standard InChI is InChI=1S/C37H54N6O5S2/c1-25(2)18-32(44)35(47)31(19-26-10-5-4-6-11-26)43(23-34(46)42(3)16-14-28-12-7-8-15-39-28)36(48)27(20-29-24-50-37(38)41-29)21-33(45)40-22-30-13-9-17-49-30/h7-9,12-13,15,17,24-27,31-32,35,44,47H,4-6,10-11,14,16,18-23H2,1-3H3,(H2,38,41)(H,40,45)/t27-,31+,32+,35-/m1/s1. The van der Waals surface area contributed by atoms with Gasteiger partial charge in [0.15, 0.2) is 5.13 Å². The van der Waals surface area contributed by atoms with E-state index in [1.54, 1.807) is 23.5 Å². The number of hydrogen-bond acceptors (Lipinski definition) is 10.